The van der Waals surface area contributed by atoms with Crippen molar-refractivity contribution in [3.63, 3.8) is 0 Å². The van der Waals surface area contributed by atoms with E-state index in [4.69, 9.17) is 5.11 Å². The summed E-state index contributed by atoms with van der Waals surface area (Å²) in [6, 6.07) is 4.93. The number of nitrogens with zero attached hydrogens (tertiary/aromatic N) is 3. The Balaban J connectivity index is 2.43. The molecule has 2 rings (SSSR count). The summed E-state index contributed by atoms with van der Waals surface area (Å²) in [6.07, 6.45) is 3.53. The van der Waals surface area contributed by atoms with Crippen molar-refractivity contribution >= 4 is 34.5 Å². The van der Waals surface area contributed by atoms with Crippen LogP contribution < -0.4 is 4.90 Å². The molecule has 1 heterocycles. The largest absolute Gasteiger partial charge is 0.478 e. The normalized spacial score (nSPS) is 10.6. The van der Waals surface area contributed by atoms with Gasteiger partial charge in [-0.3, -0.25) is 0 Å². The number of rotatable bonds is 5. The van der Waals surface area contributed by atoms with Crippen LogP contribution >= 0.6 is 11.8 Å². The molecule has 0 unspecified atom stereocenters. The maximum absolute atomic E-state index is 10.9. The minimum Gasteiger partial charge on any atom is -0.478 e. The van der Waals surface area contributed by atoms with E-state index in [0.717, 1.165) is 23.5 Å². The molecule has 0 spiro atoms. The topological polar surface area (TPSA) is 66.3 Å². The standard InChI is InChI=1S/C13H15N3O2S/c1-16(5-6-19-2)12-10-4-3-9(13(17)18)7-11(10)14-8-15-12/h3-4,7-8H,5-6H2,1-2H3,(H,17,18). The van der Waals surface area contributed by atoms with Crippen LogP contribution in [-0.2, 0) is 0 Å². The van der Waals surface area contributed by atoms with Crippen molar-refractivity contribution < 1.29 is 9.90 Å². The zero-order valence-electron chi connectivity index (χ0n) is 10.8. The average Bonchev–Trinajstić information content (AvgIpc) is 2.43. The van der Waals surface area contributed by atoms with E-state index in [1.165, 1.54) is 6.33 Å². The van der Waals surface area contributed by atoms with Crippen LogP contribution in [0.4, 0.5) is 5.82 Å². The van der Waals surface area contributed by atoms with Gasteiger partial charge in [0.25, 0.3) is 0 Å². The molecule has 0 amide bonds. The van der Waals surface area contributed by atoms with Crippen LogP contribution in [0.25, 0.3) is 10.9 Å². The molecule has 0 saturated carbocycles. The van der Waals surface area contributed by atoms with E-state index in [-0.39, 0.29) is 5.56 Å². The van der Waals surface area contributed by atoms with Crippen LogP contribution in [0.3, 0.4) is 0 Å². The summed E-state index contributed by atoms with van der Waals surface area (Å²) in [5, 5.41) is 9.85. The molecule has 19 heavy (non-hydrogen) atoms. The molecule has 1 aromatic carbocycles. The summed E-state index contributed by atoms with van der Waals surface area (Å²) < 4.78 is 0. The van der Waals surface area contributed by atoms with Crippen molar-refractivity contribution in [1.82, 2.24) is 9.97 Å². The van der Waals surface area contributed by atoms with Gasteiger partial charge in [0.1, 0.15) is 12.1 Å². The van der Waals surface area contributed by atoms with Crippen molar-refractivity contribution in [2.75, 3.05) is 30.5 Å². The zero-order chi connectivity index (χ0) is 13.8. The van der Waals surface area contributed by atoms with Crippen LogP contribution in [0, 0.1) is 0 Å². The lowest BCUT2D eigenvalue weighted by atomic mass is 10.1. The number of carbonyl (C=O) groups is 1. The van der Waals surface area contributed by atoms with E-state index >= 15 is 0 Å². The highest BCUT2D eigenvalue weighted by atomic mass is 32.2. The second-order valence-corrected chi connectivity index (χ2v) is 5.13. The van der Waals surface area contributed by atoms with Gasteiger partial charge in [-0.25, -0.2) is 14.8 Å². The lowest BCUT2D eigenvalue weighted by Gasteiger charge is -2.19. The van der Waals surface area contributed by atoms with Crippen molar-refractivity contribution in [2.45, 2.75) is 0 Å². The maximum Gasteiger partial charge on any atom is 0.335 e. The predicted octanol–water partition coefficient (Wildman–Crippen LogP) is 2.13. The van der Waals surface area contributed by atoms with Gasteiger partial charge in [0.15, 0.2) is 0 Å². The van der Waals surface area contributed by atoms with E-state index in [2.05, 4.69) is 21.1 Å². The minimum absolute atomic E-state index is 0.240. The molecule has 1 aromatic heterocycles. The smallest absolute Gasteiger partial charge is 0.335 e. The highest BCUT2D eigenvalue weighted by Gasteiger charge is 2.10. The summed E-state index contributed by atoms with van der Waals surface area (Å²) >= 11 is 1.77. The summed E-state index contributed by atoms with van der Waals surface area (Å²) in [5.41, 5.74) is 0.893. The Morgan fingerprint density at radius 2 is 2.21 bits per heavy atom. The second-order valence-electron chi connectivity index (χ2n) is 4.15. The van der Waals surface area contributed by atoms with Crippen molar-refractivity contribution in [3.05, 3.63) is 30.1 Å². The zero-order valence-corrected chi connectivity index (χ0v) is 11.6. The van der Waals surface area contributed by atoms with Gasteiger partial charge in [0, 0.05) is 24.7 Å². The van der Waals surface area contributed by atoms with Gasteiger partial charge in [-0.15, -0.1) is 0 Å². The Kier molecular flexibility index (Phi) is 4.21. The summed E-state index contributed by atoms with van der Waals surface area (Å²) in [5.74, 6) is 0.892. The molecule has 0 bridgehead atoms. The molecule has 5 nitrogen and oxygen atoms in total. The molecule has 0 aliphatic carbocycles. The number of aromatic carboxylic acids is 1. The third-order valence-electron chi connectivity index (χ3n) is 2.85. The fourth-order valence-electron chi connectivity index (χ4n) is 1.81. The number of aromatic nitrogens is 2. The molecule has 0 atom stereocenters. The third kappa shape index (κ3) is 2.96. The van der Waals surface area contributed by atoms with E-state index in [9.17, 15) is 4.79 Å². The van der Waals surface area contributed by atoms with Gasteiger partial charge in [-0.05, 0) is 24.5 Å². The van der Waals surface area contributed by atoms with Gasteiger partial charge in [-0.1, -0.05) is 0 Å². The summed E-state index contributed by atoms with van der Waals surface area (Å²) in [4.78, 5) is 21.4. The minimum atomic E-state index is -0.946. The van der Waals surface area contributed by atoms with Gasteiger partial charge >= 0.3 is 5.97 Å². The van der Waals surface area contributed by atoms with E-state index < -0.39 is 5.97 Å². The molecule has 0 saturated heterocycles. The van der Waals surface area contributed by atoms with E-state index in [1.54, 1.807) is 30.0 Å². The van der Waals surface area contributed by atoms with Gasteiger partial charge < -0.3 is 10.0 Å². The fourth-order valence-corrected chi connectivity index (χ4v) is 2.27. The van der Waals surface area contributed by atoms with Gasteiger partial charge in [-0.2, -0.15) is 11.8 Å². The lowest BCUT2D eigenvalue weighted by Crippen LogP contribution is -2.21. The number of anilines is 1. The van der Waals surface area contributed by atoms with Crippen LogP contribution in [0.5, 0.6) is 0 Å². The molecule has 2 aromatic rings. The molecule has 0 aliphatic rings. The number of hydrogen-bond acceptors (Lipinski definition) is 5. The molecule has 0 radical (unpaired) electrons. The van der Waals surface area contributed by atoms with Crippen molar-refractivity contribution in [2.24, 2.45) is 0 Å². The number of benzene rings is 1. The molecule has 100 valence electrons. The Morgan fingerprint density at radius 3 is 2.89 bits per heavy atom. The Morgan fingerprint density at radius 1 is 1.42 bits per heavy atom. The first-order valence-corrected chi connectivity index (χ1v) is 7.21. The monoisotopic (exact) mass is 277 g/mol. The molecular weight excluding hydrogens is 262 g/mol. The van der Waals surface area contributed by atoms with Crippen LogP contribution in [0.1, 0.15) is 10.4 Å². The third-order valence-corrected chi connectivity index (χ3v) is 3.45. The van der Waals surface area contributed by atoms with E-state index in [0.29, 0.717) is 5.52 Å². The first-order valence-electron chi connectivity index (χ1n) is 5.81. The Bertz CT molecular complexity index is 603. The van der Waals surface area contributed by atoms with Crippen molar-refractivity contribution in [1.29, 1.82) is 0 Å². The Labute approximate surface area is 115 Å². The summed E-state index contributed by atoms with van der Waals surface area (Å²) in [7, 11) is 1.98. The highest BCUT2D eigenvalue weighted by molar-refractivity contribution is 7.98. The number of thioether (sulfide) groups is 1. The number of carboxylic acids is 1. The molecule has 0 aliphatic heterocycles. The van der Waals surface area contributed by atoms with Crippen LogP contribution in [0.15, 0.2) is 24.5 Å². The fraction of sp³-hybridized carbons (Fsp3) is 0.308. The first kappa shape index (κ1) is 13.6. The maximum atomic E-state index is 10.9. The second kappa shape index (κ2) is 5.88. The highest BCUT2D eigenvalue weighted by Crippen LogP contribution is 2.23. The first-order chi connectivity index (χ1) is 9.13. The van der Waals surface area contributed by atoms with Gasteiger partial charge in [0.05, 0.1) is 11.1 Å². The number of hydrogen-bond donors (Lipinski definition) is 1. The SMILES string of the molecule is CSCCN(C)c1ncnc2cc(C(=O)O)ccc12. The van der Waals surface area contributed by atoms with E-state index in [1.807, 2.05) is 7.05 Å². The number of carboxylic acid groups (broad SMARTS) is 1. The Hall–Kier alpha value is -1.82. The number of fused-ring (bicyclic) bond motifs is 1. The lowest BCUT2D eigenvalue weighted by molar-refractivity contribution is 0.0697. The molecule has 6 heteroatoms. The summed E-state index contributed by atoms with van der Waals surface area (Å²) in [6.45, 7) is 0.883. The average molecular weight is 277 g/mol. The van der Waals surface area contributed by atoms with Crippen LogP contribution in [-0.4, -0.2) is 46.6 Å². The van der Waals surface area contributed by atoms with Crippen molar-refractivity contribution in [3.8, 4) is 0 Å². The van der Waals surface area contributed by atoms with Gasteiger partial charge in [0.2, 0.25) is 0 Å². The molecule has 1 N–H and O–H groups in total. The molecular formula is C13H15N3O2S. The predicted molar refractivity (Wildman–Crippen MR) is 78.1 cm³/mol. The van der Waals surface area contributed by atoms with Crippen LogP contribution in [0.2, 0.25) is 0 Å². The quantitative estimate of drug-likeness (QED) is 0.903. The molecule has 0 fully saturated rings.